The quantitative estimate of drug-likeness (QED) is 0.906. The van der Waals surface area contributed by atoms with Crippen LogP contribution in [0.2, 0.25) is 0 Å². The van der Waals surface area contributed by atoms with E-state index in [4.69, 9.17) is 5.73 Å². The van der Waals surface area contributed by atoms with Crippen LogP contribution in [0.5, 0.6) is 0 Å². The average molecular weight is 302 g/mol. The van der Waals surface area contributed by atoms with E-state index in [9.17, 15) is 9.90 Å². The summed E-state index contributed by atoms with van der Waals surface area (Å²) in [4.78, 5) is 11.8. The lowest BCUT2D eigenvalue weighted by Gasteiger charge is -2.20. The number of aryl methyl sites for hydroxylation is 2. The standard InChI is InChI=1S/C18H26N2O2/c1-11-12(2)20(8-6-7-19)16-14(11)9-13(18(3,4)5)10-15(16)17(21)22/h9-10H,6-8,19H2,1-5H3,(H,21,22). The summed E-state index contributed by atoms with van der Waals surface area (Å²) in [6.07, 6.45) is 0.837. The van der Waals surface area contributed by atoms with Crippen molar-refractivity contribution in [2.45, 2.75) is 53.0 Å². The van der Waals surface area contributed by atoms with Crippen molar-refractivity contribution >= 4 is 16.9 Å². The van der Waals surface area contributed by atoms with Crippen molar-refractivity contribution in [3.63, 3.8) is 0 Å². The van der Waals surface area contributed by atoms with Crippen LogP contribution in [0.1, 0.15) is 54.4 Å². The van der Waals surface area contributed by atoms with Gasteiger partial charge in [-0.05, 0) is 55.5 Å². The van der Waals surface area contributed by atoms with Crippen LogP contribution in [-0.2, 0) is 12.0 Å². The number of nitrogens with zero attached hydrogens (tertiary/aromatic N) is 1. The van der Waals surface area contributed by atoms with Crippen molar-refractivity contribution < 1.29 is 9.90 Å². The van der Waals surface area contributed by atoms with Gasteiger partial charge in [0.05, 0.1) is 11.1 Å². The lowest BCUT2D eigenvalue weighted by Crippen LogP contribution is -2.14. The second-order valence-electron chi connectivity index (χ2n) is 6.98. The number of nitrogens with two attached hydrogens (primary N) is 1. The summed E-state index contributed by atoms with van der Waals surface area (Å²) in [7, 11) is 0. The smallest absolute Gasteiger partial charge is 0.337 e. The van der Waals surface area contributed by atoms with Crippen LogP contribution >= 0.6 is 0 Å². The molecule has 0 saturated carbocycles. The summed E-state index contributed by atoms with van der Waals surface area (Å²) in [5.74, 6) is -0.873. The lowest BCUT2D eigenvalue weighted by molar-refractivity contribution is 0.0698. The molecule has 0 saturated heterocycles. The third-order valence-electron chi connectivity index (χ3n) is 4.41. The first-order valence-corrected chi connectivity index (χ1v) is 7.75. The first-order valence-electron chi connectivity index (χ1n) is 7.75. The number of carbonyl (C=O) groups is 1. The fourth-order valence-electron chi connectivity index (χ4n) is 2.90. The zero-order valence-electron chi connectivity index (χ0n) is 14.2. The molecule has 0 unspecified atom stereocenters. The Kier molecular flexibility index (Phi) is 4.34. The van der Waals surface area contributed by atoms with Gasteiger partial charge < -0.3 is 15.4 Å². The number of aromatic nitrogens is 1. The topological polar surface area (TPSA) is 68.2 Å². The minimum atomic E-state index is -0.873. The molecule has 0 fully saturated rings. The Bertz CT molecular complexity index is 721. The Morgan fingerprint density at radius 3 is 2.41 bits per heavy atom. The monoisotopic (exact) mass is 302 g/mol. The highest BCUT2D eigenvalue weighted by atomic mass is 16.4. The molecule has 0 atom stereocenters. The van der Waals surface area contributed by atoms with Gasteiger partial charge in [0.2, 0.25) is 0 Å². The highest BCUT2D eigenvalue weighted by Gasteiger charge is 2.23. The highest BCUT2D eigenvalue weighted by molar-refractivity contribution is 6.04. The average Bonchev–Trinajstić information content (AvgIpc) is 2.67. The number of hydrogen-bond acceptors (Lipinski definition) is 2. The predicted molar refractivity (Wildman–Crippen MR) is 90.7 cm³/mol. The molecule has 120 valence electrons. The summed E-state index contributed by atoms with van der Waals surface area (Å²) in [6.45, 7) is 11.8. The number of carboxylic acid groups (broad SMARTS) is 1. The zero-order valence-corrected chi connectivity index (χ0v) is 14.2. The van der Waals surface area contributed by atoms with Gasteiger partial charge in [-0.2, -0.15) is 0 Å². The van der Waals surface area contributed by atoms with E-state index in [1.807, 2.05) is 13.0 Å². The van der Waals surface area contributed by atoms with Crippen LogP contribution in [-0.4, -0.2) is 22.2 Å². The summed E-state index contributed by atoms with van der Waals surface area (Å²) in [6, 6.07) is 3.96. The van der Waals surface area contributed by atoms with E-state index in [1.165, 1.54) is 0 Å². The van der Waals surface area contributed by atoms with Crippen molar-refractivity contribution in [2.24, 2.45) is 5.73 Å². The van der Waals surface area contributed by atoms with E-state index >= 15 is 0 Å². The molecule has 0 amide bonds. The first kappa shape index (κ1) is 16.6. The van der Waals surface area contributed by atoms with E-state index in [0.717, 1.165) is 40.7 Å². The molecule has 4 heteroatoms. The largest absolute Gasteiger partial charge is 0.478 e. The number of fused-ring (bicyclic) bond motifs is 1. The summed E-state index contributed by atoms with van der Waals surface area (Å²) in [5, 5.41) is 10.7. The maximum atomic E-state index is 11.8. The molecule has 0 aliphatic heterocycles. The number of aromatic carboxylic acids is 1. The number of hydrogen-bond donors (Lipinski definition) is 2. The molecule has 0 aliphatic carbocycles. The minimum Gasteiger partial charge on any atom is -0.478 e. The molecule has 1 heterocycles. The van der Waals surface area contributed by atoms with Gasteiger partial charge in [0, 0.05) is 17.6 Å². The van der Waals surface area contributed by atoms with Gasteiger partial charge in [-0.15, -0.1) is 0 Å². The fourth-order valence-corrected chi connectivity index (χ4v) is 2.90. The van der Waals surface area contributed by atoms with Crippen molar-refractivity contribution in [1.82, 2.24) is 4.57 Å². The Labute approximate surface area is 131 Å². The Morgan fingerprint density at radius 2 is 1.91 bits per heavy atom. The van der Waals surface area contributed by atoms with Crippen LogP contribution in [0.4, 0.5) is 0 Å². The summed E-state index contributed by atoms with van der Waals surface area (Å²) >= 11 is 0. The van der Waals surface area contributed by atoms with Crippen molar-refractivity contribution in [1.29, 1.82) is 0 Å². The maximum Gasteiger partial charge on any atom is 0.337 e. The van der Waals surface area contributed by atoms with E-state index in [1.54, 1.807) is 0 Å². The first-order chi connectivity index (χ1) is 10.2. The summed E-state index contributed by atoms with van der Waals surface area (Å²) in [5.41, 5.74) is 10.1. The van der Waals surface area contributed by atoms with Crippen molar-refractivity contribution in [3.05, 3.63) is 34.5 Å². The minimum absolute atomic E-state index is 0.0852. The van der Waals surface area contributed by atoms with Gasteiger partial charge in [0.15, 0.2) is 0 Å². The molecule has 0 spiro atoms. The Balaban J connectivity index is 2.84. The molecule has 4 nitrogen and oxygen atoms in total. The third kappa shape index (κ3) is 2.75. The molecule has 2 aromatic rings. The maximum absolute atomic E-state index is 11.8. The number of carboxylic acids is 1. The van der Waals surface area contributed by atoms with E-state index < -0.39 is 5.97 Å². The van der Waals surface area contributed by atoms with E-state index in [0.29, 0.717) is 12.1 Å². The van der Waals surface area contributed by atoms with E-state index in [2.05, 4.69) is 38.3 Å². The Hall–Kier alpha value is -1.81. The van der Waals surface area contributed by atoms with Crippen LogP contribution in [0.15, 0.2) is 12.1 Å². The number of benzene rings is 1. The highest BCUT2D eigenvalue weighted by Crippen LogP contribution is 2.33. The van der Waals surface area contributed by atoms with Crippen LogP contribution in [0.3, 0.4) is 0 Å². The molecule has 0 bridgehead atoms. The van der Waals surface area contributed by atoms with Crippen LogP contribution in [0, 0.1) is 13.8 Å². The molecule has 1 aromatic heterocycles. The SMILES string of the molecule is Cc1c(C)n(CCCN)c2c(C(=O)O)cc(C(C)(C)C)cc12. The van der Waals surface area contributed by atoms with Gasteiger partial charge in [-0.1, -0.05) is 20.8 Å². The van der Waals surface area contributed by atoms with Gasteiger partial charge in [-0.3, -0.25) is 0 Å². The predicted octanol–water partition coefficient (Wildman–Crippen LogP) is 3.60. The Morgan fingerprint density at radius 1 is 1.27 bits per heavy atom. The number of rotatable bonds is 4. The van der Waals surface area contributed by atoms with Gasteiger partial charge in [0.25, 0.3) is 0 Å². The molecule has 3 N–H and O–H groups in total. The third-order valence-corrected chi connectivity index (χ3v) is 4.41. The van der Waals surface area contributed by atoms with Gasteiger partial charge in [-0.25, -0.2) is 4.79 Å². The molecule has 0 radical (unpaired) electrons. The van der Waals surface area contributed by atoms with Crippen molar-refractivity contribution in [3.8, 4) is 0 Å². The molecule has 0 aliphatic rings. The molecular formula is C18H26N2O2. The van der Waals surface area contributed by atoms with Crippen LogP contribution in [0.25, 0.3) is 10.9 Å². The van der Waals surface area contributed by atoms with E-state index in [-0.39, 0.29) is 5.41 Å². The molecule has 22 heavy (non-hydrogen) atoms. The molecule has 1 aromatic carbocycles. The van der Waals surface area contributed by atoms with Gasteiger partial charge in [0.1, 0.15) is 0 Å². The normalized spacial score (nSPS) is 12.1. The fraction of sp³-hybridized carbons (Fsp3) is 0.500. The lowest BCUT2D eigenvalue weighted by atomic mass is 9.85. The molecule has 2 rings (SSSR count). The summed E-state index contributed by atoms with van der Waals surface area (Å²) < 4.78 is 2.10. The molecular weight excluding hydrogens is 276 g/mol. The van der Waals surface area contributed by atoms with Crippen LogP contribution < -0.4 is 5.73 Å². The second kappa shape index (κ2) is 5.76. The van der Waals surface area contributed by atoms with Crippen molar-refractivity contribution in [2.75, 3.05) is 6.54 Å². The van der Waals surface area contributed by atoms with Gasteiger partial charge >= 0.3 is 5.97 Å². The second-order valence-corrected chi connectivity index (χ2v) is 6.98. The zero-order chi connectivity index (χ0) is 16.7.